The number of phenolic OH excluding ortho intramolecular Hbond substituents is 1. The second-order valence-corrected chi connectivity index (χ2v) is 9.34. The first-order chi connectivity index (χ1) is 12.3. The van der Waals surface area contributed by atoms with E-state index in [0.717, 1.165) is 18.6 Å². The highest BCUT2D eigenvalue weighted by atomic mass is 35.5. The van der Waals surface area contributed by atoms with Crippen LogP contribution in [0, 0.1) is 0 Å². The Hall–Kier alpha value is -1.94. The van der Waals surface area contributed by atoms with Gasteiger partial charge in [-0.05, 0) is 38.8 Å². The number of phenols is 1. The Balaban J connectivity index is 2.40. The number of nitrogens with one attached hydrogen (secondary N) is 2. The molecule has 0 bridgehead atoms. The molecule has 1 aliphatic rings. The van der Waals surface area contributed by atoms with Gasteiger partial charge in [-0.2, -0.15) is 13.2 Å². The number of carbonyl (C=O) groups excluding carboxylic acids is 1. The van der Waals surface area contributed by atoms with Crippen molar-refractivity contribution < 1.29 is 31.5 Å². The monoisotopic (exact) mass is 426 g/mol. The Kier molecular flexibility index (Phi) is 5.72. The Labute approximate surface area is 159 Å². The molecule has 1 atom stereocenters. The molecule has 1 unspecified atom stereocenters. The van der Waals surface area contributed by atoms with Gasteiger partial charge in [-0.25, -0.2) is 13.2 Å². The van der Waals surface area contributed by atoms with Crippen LogP contribution in [0.15, 0.2) is 29.2 Å². The van der Waals surface area contributed by atoms with Gasteiger partial charge in [0.1, 0.15) is 4.90 Å². The fraction of sp³-hybridized carbons (Fsp3) is 0.438. The molecule has 1 aliphatic carbocycles. The van der Waals surface area contributed by atoms with Crippen molar-refractivity contribution in [1.82, 2.24) is 5.32 Å². The fourth-order valence-corrected chi connectivity index (χ4v) is 4.35. The standard InChI is InChI=1S/C16H18ClF3N2O4S/c1-15(2,16(18,19)20)27(25,26)13-10(17)7-8-11(12(13)23)22-14(24)21-9-5-3-4-6-9/h3,5,7-9,23H,4,6H2,1-2H3,(H2,21,22,24). The van der Waals surface area contributed by atoms with E-state index in [1.54, 1.807) is 6.08 Å². The van der Waals surface area contributed by atoms with E-state index >= 15 is 0 Å². The zero-order valence-electron chi connectivity index (χ0n) is 14.4. The molecule has 0 aliphatic heterocycles. The van der Waals surface area contributed by atoms with Gasteiger partial charge >= 0.3 is 12.2 Å². The second-order valence-electron chi connectivity index (χ2n) is 6.49. The van der Waals surface area contributed by atoms with Gasteiger partial charge in [-0.3, -0.25) is 0 Å². The number of urea groups is 1. The van der Waals surface area contributed by atoms with Crippen molar-refractivity contribution in [3.05, 3.63) is 29.3 Å². The quantitative estimate of drug-likeness (QED) is 0.501. The van der Waals surface area contributed by atoms with E-state index in [1.165, 1.54) is 0 Å². The normalized spacial score (nSPS) is 17.8. The van der Waals surface area contributed by atoms with Crippen LogP contribution < -0.4 is 10.6 Å². The Morgan fingerprint density at radius 3 is 2.44 bits per heavy atom. The van der Waals surface area contributed by atoms with Gasteiger partial charge in [-0.15, -0.1) is 0 Å². The van der Waals surface area contributed by atoms with Gasteiger partial charge in [0, 0.05) is 6.04 Å². The van der Waals surface area contributed by atoms with E-state index in [0.29, 0.717) is 20.3 Å². The molecule has 2 amide bonds. The summed E-state index contributed by atoms with van der Waals surface area (Å²) in [6.07, 6.45) is -0.0135. The molecule has 11 heteroatoms. The Bertz CT molecular complexity index is 882. The first-order valence-corrected chi connectivity index (χ1v) is 9.72. The van der Waals surface area contributed by atoms with Crippen molar-refractivity contribution in [2.24, 2.45) is 0 Å². The summed E-state index contributed by atoms with van der Waals surface area (Å²) in [5.74, 6) is -1.06. The highest BCUT2D eigenvalue weighted by molar-refractivity contribution is 7.93. The molecular weight excluding hydrogens is 409 g/mol. The molecule has 27 heavy (non-hydrogen) atoms. The van der Waals surface area contributed by atoms with E-state index in [2.05, 4.69) is 10.6 Å². The van der Waals surface area contributed by atoms with Crippen molar-refractivity contribution in [3.8, 4) is 5.75 Å². The summed E-state index contributed by atoms with van der Waals surface area (Å²) in [7, 11) is -5.13. The van der Waals surface area contributed by atoms with Crippen LogP contribution in [0.5, 0.6) is 5.75 Å². The van der Waals surface area contributed by atoms with Crippen molar-refractivity contribution in [1.29, 1.82) is 0 Å². The molecule has 0 saturated heterocycles. The summed E-state index contributed by atoms with van der Waals surface area (Å²) in [6, 6.07) is 1.11. The molecule has 0 aromatic heterocycles. The van der Waals surface area contributed by atoms with E-state index in [1.807, 2.05) is 6.08 Å². The SMILES string of the molecule is CC(C)(C(F)(F)F)S(=O)(=O)c1c(Cl)ccc(NC(=O)NC2C=CCC2)c1O. The highest BCUT2D eigenvalue weighted by Gasteiger charge is 2.58. The minimum Gasteiger partial charge on any atom is -0.504 e. The molecule has 2 rings (SSSR count). The van der Waals surface area contributed by atoms with Crippen LogP contribution >= 0.6 is 11.6 Å². The third-order valence-electron chi connectivity index (χ3n) is 4.28. The number of rotatable bonds is 4. The molecule has 3 N–H and O–H groups in total. The lowest BCUT2D eigenvalue weighted by molar-refractivity contribution is -0.153. The van der Waals surface area contributed by atoms with E-state index in [-0.39, 0.29) is 11.7 Å². The van der Waals surface area contributed by atoms with Gasteiger partial charge in [0.2, 0.25) is 0 Å². The average molecular weight is 427 g/mol. The number of sulfone groups is 1. The van der Waals surface area contributed by atoms with E-state index in [4.69, 9.17) is 11.6 Å². The molecule has 0 spiro atoms. The topological polar surface area (TPSA) is 95.5 Å². The third kappa shape index (κ3) is 4.01. The number of hydrogen-bond acceptors (Lipinski definition) is 4. The van der Waals surface area contributed by atoms with Gasteiger partial charge in [-0.1, -0.05) is 23.8 Å². The molecule has 0 saturated carbocycles. The van der Waals surface area contributed by atoms with E-state index < -0.39 is 42.5 Å². The van der Waals surface area contributed by atoms with Crippen molar-refractivity contribution in [2.45, 2.75) is 48.5 Å². The minimum absolute atomic E-state index is 0.230. The third-order valence-corrected chi connectivity index (χ3v) is 7.24. The number of halogens is 4. The number of aromatic hydroxyl groups is 1. The average Bonchev–Trinajstić information content (AvgIpc) is 3.01. The first-order valence-electron chi connectivity index (χ1n) is 7.86. The first kappa shape index (κ1) is 21.4. The number of allylic oxidation sites excluding steroid dienone is 1. The summed E-state index contributed by atoms with van der Waals surface area (Å²) in [6.45, 7) is 0.939. The smallest absolute Gasteiger partial charge is 0.408 e. The number of benzene rings is 1. The number of carbonyl (C=O) groups is 1. The predicted octanol–water partition coefficient (Wildman–Crippen LogP) is 4.00. The molecule has 0 fully saturated rings. The van der Waals surface area contributed by atoms with Crippen LogP contribution in [0.1, 0.15) is 26.7 Å². The largest absolute Gasteiger partial charge is 0.504 e. The van der Waals surface area contributed by atoms with Crippen LogP contribution in [-0.2, 0) is 9.84 Å². The fourth-order valence-electron chi connectivity index (χ4n) is 2.39. The van der Waals surface area contributed by atoms with Gasteiger partial charge in [0.05, 0.1) is 10.7 Å². The maximum Gasteiger partial charge on any atom is 0.408 e. The lowest BCUT2D eigenvalue weighted by Gasteiger charge is -2.28. The summed E-state index contributed by atoms with van der Waals surface area (Å²) >= 11 is 5.77. The molecule has 1 aromatic carbocycles. The molecule has 6 nitrogen and oxygen atoms in total. The lowest BCUT2D eigenvalue weighted by atomic mass is 10.2. The molecule has 150 valence electrons. The van der Waals surface area contributed by atoms with Gasteiger partial charge in [0.25, 0.3) is 0 Å². The van der Waals surface area contributed by atoms with E-state index in [9.17, 15) is 31.5 Å². The molecule has 0 radical (unpaired) electrons. The zero-order valence-corrected chi connectivity index (χ0v) is 16.0. The van der Waals surface area contributed by atoms with Crippen molar-refractivity contribution in [2.75, 3.05) is 5.32 Å². The summed E-state index contributed by atoms with van der Waals surface area (Å²) in [5.41, 5.74) is -0.379. The van der Waals surface area contributed by atoms with Crippen molar-refractivity contribution in [3.63, 3.8) is 0 Å². The molecule has 1 aromatic rings. The van der Waals surface area contributed by atoms with Crippen LogP contribution in [0.25, 0.3) is 0 Å². The summed E-state index contributed by atoms with van der Waals surface area (Å²) < 4.78 is 61.6. The Morgan fingerprint density at radius 2 is 1.93 bits per heavy atom. The van der Waals surface area contributed by atoms with Gasteiger partial charge in [0.15, 0.2) is 20.3 Å². The number of amides is 2. The van der Waals surface area contributed by atoms with Crippen molar-refractivity contribution >= 4 is 33.2 Å². The maximum atomic E-state index is 13.2. The molecule has 0 heterocycles. The summed E-state index contributed by atoms with van der Waals surface area (Å²) in [4.78, 5) is 10.9. The van der Waals surface area contributed by atoms with Crippen LogP contribution in [-0.4, -0.2) is 36.5 Å². The zero-order chi connectivity index (χ0) is 20.6. The predicted molar refractivity (Wildman–Crippen MR) is 94.8 cm³/mol. The second kappa shape index (κ2) is 7.23. The van der Waals surface area contributed by atoms with Crippen LogP contribution in [0.4, 0.5) is 23.7 Å². The van der Waals surface area contributed by atoms with Crippen LogP contribution in [0.2, 0.25) is 5.02 Å². The minimum atomic E-state index is -5.13. The highest BCUT2D eigenvalue weighted by Crippen LogP contribution is 2.46. The maximum absolute atomic E-state index is 13.2. The number of anilines is 1. The van der Waals surface area contributed by atoms with Crippen LogP contribution in [0.3, 0.4) is 0 Å². The number of hydrogen-bond donors (Lipinski definition) is 3. The summed E-state index contributed by atoms with van der Waals surface area (Å²) in [5, 5.41) is 14.5. The van der Waals surface area contributed by atoms with Gasteiger partial charge < -0.3 is 15.7 Å². The number of alkyl halides is 3. The Morgan fingerprint density at radius 1 is 1.30 bits per heavy atom. The molecular formula is C16H18ClF3N2O4S. The lowest BCUT2D eigenvalue weighted by Crippen LogP contribution is -2.46.